The van der Waals surface area contributed by atoms with Crippen molar-refractivity contribution in [2.24, 2.45) is 0 Å². The van der Waals surface area contributed by atoms with Crippen LogP contribution in [-0.4, -0.2) is 19.2 Å². The lowest BCUT2D eigenvalue weighted by molar-refractivity contribution is 0.305. The molecular formula is C15H22BrNO. The Morgan fingerprint density at radius 2 is 1.83 bits per heavy atom. The molecule has 1 saturated carbocycles. The number of rotatable bonds is 5. The molecule has 1 N–H and O–H groups in total. The summed E-state index contributed by atoms with van der Waals surface area (Å²) in [4.78, 5) is 0. The van der Waals surface area contributed by atoms with Gasteiger partial charge < -0.3 is 10.1 Å². The van der Waals surface area contributed by atoms with Gasteiger partial charge in [-0.05, 0) is 49.9 Å². The van der Waals surface area contributed by atoms with Crippen molar-refractivity contribution in [3.05, 3.63) is 27.7 Å². The molecule has 0 atom stereocenters. The van der Waals surface area contributed by atoms with E-state index in [2.05, 4.69) is 47.2 Å². The molecule has 18 heavy (non-hydrogen) atoms. The number of benzene rings is 1. The van der Waals surface area contributed by atoms with E-state index in [4.69, 9.17) is 4.74 Å². The van der Waals surface area contributed by atoms with Crippen LogP contribution in [0.1, 0.15) is 36.8 Å². The van der Waals surface area contributed by atoms with Gasteiger partial charge in [-0.25, -0.2) is 0 Å². The fraction of sp³-hybridized carbons (Fsp3) is 0.600. The van der Waals surface area contributed by atoms with Gasteiger partial charge in [0.05, 0.1) is 0 Å². The highest BCUT2D eigenvalue weighted by Crippen LogP contribution is 2.26. The summed E-state index contributed by atoms with van der Waals surface area (Å²) in [6.45, 7) is 5.89. The van der Waals surface area contributed by atoms with Gasteiger partial charge in [0.2, 0.25) is 0 Å². The first-order valence-corrected chi connectivity index (χ1v) is 7.59. The Morgan fingerprint density at radius 1 is 1.22 bits per heavy atom. The van der Waals surface area contributed by atoms with Gasteiger partial charge in [0.1, 0.15) is 12.4 Å². The Labute approximate surface area is 118 Å². The SMILES string of the molecule is Cc1cc(OCCNC2CCCC2)cc(C)c1Br. The molecule has 0 amide bonds. The highest BCUT2D eigenvalue weighted by atomic mass is 79.9. The van der Waals surface area contributed by atoms with Crippen molar-refractivity contribution in [3.63, 3.8) is 0 Å². The minimum atomic E-state index is 0.724. The van der Waals surface area contributed by atoms with E-state index in [1.807, 2.05) is 0 Å². The van der Waals surface area contributed by atoms with Crippen molar-refractivity contribution in [3.8, 4) is 5.75 Å². The van der Waals surface area contributed by atoms with Crippen molar-refractivity contribution in [1.82, 2.24) is 5.32 Å². The molecule has 0 aliphatic heterocycles. The summed E-state index contributed by atoms with van der Waals surface area (Å²) in [5.74, 6) is 0.974. The first kappa shape index (κ1) is 13.9. The summed E-state index contributed by atoms with van der Waals surface area (Å²) in [5, 5.41) is 3.56. The molecule has 1 aliphatic carbocycles. The van der Waals surface area contributed by atoms with Crippen LogP contribution in [0.2, 0.25) is 0 Å². The van der Waals surface area contributed by atoms with Crippen LogP contribution in [0.4, 0.5) is 0 Å². The number of hydrogen-bond donors (Lipinski definition) is 1. The van der Waals surface area contributed by atoms with Gasteiger partial charge >= 0.3 is 0 Å². The van der Waals surface area contributed by atoms with Gasteiger partial charge in [-0.1, -0.05) is 28.8 Å². The van der Waals surface area contributed by atoms with Crippen molar-refractivity contribution < 1.29 is 4.74 Å². The largest absolute Gasteiger partial charge is 0.492 e. The summed E-state index contributed by atoms with van der Waals surface area (Å²) in [5.41, 5.74) is 2.46. The number of halogens is 1. The lowest BCUT2D eigenvalue weighted by atomic mass is 10.1. The van der Waals surface area contributed by atoms with Crippen molar-refractivity contribution in [1.29, 1.82) is 0 Å². The van der Waals surface area contributed by atoms with E-state index in [1.54, 1.807) is 0 Å². The molecular weight excluding hydrogens is 290 g/mol. The molecule has 0 saturated heterocycles. The summed E-state index contributed by atoms with van der Waals surface area (Å²) >= 11 is 3.57. The second-order valence-corrected chi connectivity index (χ2v) is 5.95. The summed E-state index contributed by atoms with van der Waals surface area (Å²) in [7, 11) is 0. The smallest absolute Gasteiger partial charge is 0.119 e. The summed E-state index contributed by atoms with van der Waals surface area (Å²) in [6.07, 6.45) is 5.42. The molecule has 1 aromatic rings. The monoisotopic (exact) mass is 311 g/mol. The predicted molar refractivity (Wildman–Crippen MR) is 79.4 cm³/mol. The maximum atomic E-state index is 5.80. The van der Waals surface area contributed by atoms with E-state index in [0.717, 1.165) is 24.9 Å². The van der Waals surface area contributed by atoms with Crippen LogP contribution >= 0.6 is 15.9 Å². The number of nitrogens with one attached hydrogen (secondary N) is 1. The Bertz CT molecular complexity index is 376. The van der Waals surface area contributed by atoms with Gasteiger partial charge in [-0.3, -0.25) is 0 Å². The Hall–Kier alpha value is -0.540. The quantitative estimate of drug-likeness (QED) is 0.831. The minimum Gasteiger partial charge on any atom is -0.492 e. The molecule has 1 aromatic carbocycles. The summed E-state index contributed by atoms with van der Waals surface area (Å²) in [6, 6.07) is 4.90. The standard InChI is InChI=1S/C15H22BrNO/c1-11-9-14(10-12(2)15(11)16)18-8-7-17-13-5-3-4-6-13/h9-10,13,17H,3-8H2,1-2H3. The first-order chi connectivity index (χ1) is 8.66. The van der Waals surface area contributed by atoms with E-state index in [-0.39, 0.29) is 0 Å². The molecule has 0 bridgehead atoms. The van der Waals surface area contributed by atoms with Crippen molar-refractivity contribution in [2.75, 3.05) is 13.2 Å². The van der Waals surface area contributed by atoms with Gasteiger partial charge in [-0.2, -0.15) is 0 Å². The molecule has 2 nitrogen and oxygen atoms in total. The fourth-order valence-corrected chi connectivity index (χ4v) is 2.78. The average molecular weight is 312 g/mol. The molecule has 0 radical (unpaired) electrons. The van der Waals surface area contributed by atoms with Crippen molar-refractivity contribution in [2.45, 2.75) is 45.6 Å². The molecule has 3 heteroatoms. The molecule has 1 aliphatic rings. The van der Waals surface area contributed by atoms with Crippen LogP contribution in [0.5, 0.6) is 5.75 Å². The van der Waals surface area contributed by atoms with Crippen LogP contribution in [0.25, 0.3) is 0 Å². The van der Waals surface area contributed by atoms with Crippen LogP contribution < -0.4 is 10.1 Å². The molecule has 0 spiro atoms. The minimum absolute atomic E-state index is 0.724. The van der Waals surface area contributed by atoms with Gasteiger partial charge in [-0.15, -0.1) is 0 Å². The highest BCUT2D eigenvalue weighted by molar-refractivity contribution is 9.10. The van der Waals surface area contributed by atoms with Crippen molar-refractivity contribution >= 4 is 15.9 Å². The van der Waals surface area contributed by atoms with E-state index in [1.165, 1.54) is 41.3 Å². The first-order valence-electron chi connectivity index (χ1n) is 6.80. The van der Waals surface area contributed by atoms with E-state index < -0.39 is 0 Å². The molecule has 0 heterocycles. The van der Waals surface area contributed by atoms with Crippen LogP contribution in [0.3, 0.4) is 0 Å². The zero-order valence-corrected chi connectivity index (χ0v) is 12.8. The average Bonchev–Trinajstić information content (AvgIpc) is 2.84. The zero-order chi connectivity index (χ0) is 13.0. The molecule has 1 fully saturated rings. The Balaban J connectivity index is 1.76. The normalized spacial score (nSPS) is 16.2. The molecule has 0 unspecified atom stereocenters. The van der Waals surface area contributed by atoms with Crippen LogP contribution in [0, 0.1) is 13.8 Å². The van der Waals surface area contributed by atoms with E-state index in [9.17, 15) is 0 Å². The third-order valence-corrected chi connectivity index (χ3v) is 4.82. The third-order valence-electron chi connectivity index (χ3n) is 3.57. The zero-order valence-electron chi connectivity index (χ0n) is 11.3. The Kier molecular flexibility index (Phi) is 5.07. The van der Waals surface area contributed by atoms with Gasteiger partial charge in [0, 0.05) is 17.1 Å². The van der Waals surface area contributed by atoms with E-state index in [0.29, 0.717) is 0 Å². The fourth-order valence-electron chi connectivity index (χ4n) is 2.55. The lowest BCUT2D eigenvalue weighted by Gasteiger charge is -2.13. The highest BCUT2D eigenvalue weighted by Gasteiger charge is 2.13. The van der Waals surface area contributed by atoms with Crippen LogP contribution in [-0.2, 0) is 0 Å². The maximum absolute atomic E-state index is 5.80. The predicted octanol–water partition coefficient (Wildman–Crippen LogP) is 3.98. The summed E-state index contributed by atoms with van der Waals surface area (Å²) < 4.78 is 6.98. The van der Waals surface area contributed by atoms with Crippen LogP contribution in [0.15, 0.2) is 16.6 Å². The Morgan fingerprint density at radius 3 is 2.44 bits per heavy atom. The number of aryl methyl sites for hydroxylation is 2. The number of ether oxygens (including phenoxy) is 1. The molecule has 2 rings (SSSR count). The van der Waals surface area contributed by atoms with Gasteiger partial charge in [0.25, 0.3) is 0 Å². The maximum Gasteiger partial charge on any atom is 0.119 e. The second kappa shape index (κ2) is 6.58. The molecule has 100 valence electrons. The lowest BCUT2D eigenvalue weighted by Crippen LogP contribution is -2.30. The van der Waals surface area contributed by atoms with Gasteiger partial charge in [0.15, 0.2) is 0 Å². The third kappa shape index (κ3) is 3.72. The topological polar surface area (TPSA) is 21.3 Å². The van der Waals surface area contributed by atoms with E-state index >= 15 is 0 Å². The second-order valence-electron chi connectivity index (χ2n) is 5.16. The number of hydrogen-bond acceptors (Lipinski definition) is 2. The molecule has 0 aromatic heterocycles.